The number of ether oxygens (including phenoxy) is 1. The zero-order valence-electron chi connectivity index (χ0n) is 11.3. The lowest BCUT2D eigenvalue weighted by Crippen LogP contribution is -2.38. The normalized spacial score (nSPS) is 18.0. The van der Waals surface area contributed by atoms with Crippen molar-refractivity contribution in [1.82, 2.24) is 4.90 Å². The van der Waals surface area contributed by atoms with Crippen LogP contribution < -0.4 is 0 Å². The van der Waals surface area contributed by atoms with Gasteiger partial charge in [-0.05, 0) is 44.5 Å². The molecule has 0 aromatic heterocycles. The molecular weight excluding hydrogens is 262 g/mol. The van der Waals surface area contributed by atoms with E-state index in [1.54, 1.807) is 0 Å². The van der Waals surface area contributed by atoms with Crippen molar-refractivity contribution in [3.63, 3.8) is 0 Å². The molecule has 0 saturated carbocycles. The van der Waals surface area contributed by atoms with E-state index in [1.165, 1.54) is 6.42 Å². The Balaban J connectivity index is 2.28. The van der Waals surface area contributed by atoms with Gasteiger partial charge in [-0.3, -0.25) is 4.90 Å². The topological polar surface area (TPSA) is 29.5 Å². The lowest BCUT2D eigenvalue weighted by molar-refractivity contribution is -0.150. The summed E-state index contributed by atoms with van der Waals surface area (Å²) in [6.07, 6.45) is 3.48. The molecule has 1 aromatic carbocycles. The van der Waals surface area contributed by atoms with E-state index in [1.807, 2.05) is 31.2 Å². The first kappa shape index (κ1) is 14.4. The van der Waals surface area contributed by atoms with Crippen molar-refractivity contribution in [1.29, 1.82) is 0 Å². The van der Waals surface area contributed by atoms with Gasteiger partial charge in [0.25, 0.3) is 0 Å². The maximum atomic E-state index is 12.3. The smallest absolute Gasteiger partial charge is 0.328 e. The van der Waals surface area contributed by atoms with Gasteiger partial charge in [0.1, 0.15) is 6.04 Å². The van der Waals surface area contributed by atoms with Crippen molar-refractivity contribution in [2.75, 3.05) is 19.7 Å². The quantitative estimate of drug-likeness (QED) is 0.792. The molecule has 0 N–H and O–H groups in total. The first-order valence-corrected chi connectivity index (χ1v) is 7.27. The van der Waals surface area contributed by atoms with Crippen molar-refractivity contribution < 1.29 is 9.53 Å². The summed E-state index contributed by atoms with van der Waals surface area (Å²) in [6, 6.07) is 7.17. The van der Waals surface area contributed by atoms with Gasteiger partial charge in [-0.15, -0.1) is 0 Å². The standard InChI is InChI=1S/C15H20ClNO2/c1-2-19-15(18)14(17-10-6-3-7-11-17)12-8-4-5-9-13(12)16/h4-5,8-9,14H,2-3,6-7,10-11H2,1H3/t14-/m0/s1. The summed E-state index contributed by atoms with van der Waals surface area (Å²) in [7, 11) is 0. The Labute approximate surface area is 119 Å². The Morgan fingerprint density at radius 2 is 2.00 bits per heavy atom. The van der Waals surface area contributed by atoms with Crippen molar-refractivity contribution in [3.05, 3.63) is 34.9 Å². The van der Waals surface area contributed by atoms with E-state index in [0.29, 0.717) is 11.6 Å². The average Bonchev–Trinajstić information content (AvgIpc) is 2.43. The molecule has 4 heteroatoms. The molecule has 0 radical (unpaired) electrons. The monoisotopic (exact) mass is 281 g/mol. The van der Waals surface area contributed by atoms with Gasteiger partial charge in [0, 0.05) is 5.02 Å². The summed E-state index contributed by atoms with van der Waals surface area (Å²) in [4.78, 5) is 14.5. The second-order valence-electron chi connectivity index (χ2n) is 4.77. The first-order chi connectivity index (χ1) is 9.24. The fourth-order valence-electron chi connectivity index (χ4n) is 2.57. The maximum absolute atomic E-state index is 12.3. The predicted molar refractivity (Wildman–Crippen MR) is 76.3 cm³/mol. The minimum absolute atomic E-state index is 0.197. The van der Waals surface area contributed by atoms with Crippen LogP contribution in [0.15, 0.2) is 24.3 Å². The van der Waals surface area contributed by atoms with Crippen molar-refractivity contribution >= 4 is 17.6 Å². The number of piperidine rings is 1. The van der Waals surface area contributed by atoms with Gasteiger partial charge < -0.3 is 4.74 Å². The maximum Gasteiger partial charge on any atom is 0.328 e. The lowest BCUT2D eigenvalue weighted by Gasteiger charge is -2.33. The molecule has 1 aliphatic heterocycles. The Hall–Kier alpha value is -1.06. The van der Waals surface area contributed by atoms with E-state index in [-0.39, 0.29) is 12.0 Å². The zero-order chi connectivity index (χ0) is 13.7. The molecule has 1 aliphatic rings. The molecule has 1 saturated heterocycles. The van der Waals surface area contributed by atoms with Gasteiger partial charge in [-0.1, -0.05) is 36.2 Å². The van der Waals surface area contributed by atoms with Crippen LogP contribution in [0.2, 0.25) is 5.02 Å². The van der Waals surface area contributed by atoms with Crippen LogP contribution in [0, 0.1) is 0 Å². The molecule has 0 amide bonds. The summed E-state index contributed by atoms with van der Waals surface area (Å²) in [5.74, 6) is -0.197. The van der Waals surface area contributed by atoms with Crippen LogP contribution in [-0.2, 0) is 9.53 Å². The number of hydrogen-bond acceptors (Lipinski definition) is 3. The van der Waals surface area contributed by atoms with E-state index in [9.17, 15) is 4.79 Å². The van der Waals surface area contributed by atoms with Gasteiger partial charge in [0.05, 0.1) is 6.61 Å². The van der Waals surface area contributed by atoms with Crippen LogP contribution in [0.1, 0.15) is 37.8 Å². The second-order valence-corrected chi connectivity index (χ2v) is 5.18. The zero-order valence-corrected chi connectivity index (χ0v) is 12.0. The third-order valence-electron chi connectivity index (χ3n) is 3.47. The fourth-order valence-corrected chi connectivity index (χ4v) is 2.81. The molecule has 0 spiro atoms. The van der Waals surface area contributed by atoms with Crippen LogP contribution in [0.4, 0.5) is 0 Å². The molecule has 1 heterocycles. The van der Waals surface area contributed by atoms with Gasteiger partial charge in [-0.2, -0.15) is 0 Å². The Bertz CT molecular complexity index is 430. The van der Waals surface area contributed by atoms with E-state index in [4.69, 9.17) is 16.3 Å². The Morgan fingerprint density at radius 3 is 2.63 bits per heavy atom. The minimum Gasteiger partial charge on any atom is -0.465 e. The molecule has 1 fully saturated rings. The summed E-state index contributed by atoms with van der Waals surface area (Å²) in [5.41, 5.74) is 0.851. The minimum atomic E-state index is -0.367. The first-order valence-electron chi connectivity index (χ1n) is 6.89. The molecule has 104 valence electrons. The predicted octanol–water partition coefficient (Wildman–Crippen LogP) is 3.43. The van der Waals surface area contributed by atoms with E-state index >= 15 is 0 Å². The fraction of sp³-hybridized carbons (Fsp3) is 0.533. The number of esters is 1. The van der Waals surface area contributed by atoms with Gasteiger partial charge in [0.2, 0.25) is 0 Å². The molecule has 2 rings (SSSR count). The molecule has 1 atom stereocenters. The second kappa shape index (κ2) is 6.92. The van der Waals surface area contributed by atoms with Gasteiger partial charge in [0.15, 0.2) is 0 Å². The van der Waals surface area contributed by atoms with E-state index in [0.717, 1.165) is 31.5 Å². The van der Waals surface area contributed by atoms with Crippen LogP contribution in [-0.4, -0.2) is 30.6 Å². The Morgan fingerprint density at radius 1 is 1.32 bits per heavy atom. The van der Waals surface area contributed by atoms with Crippen LogP contribution in [0.3, 0.4) is 0 Å². The molecule has 19 heavy (non-hydrogen) atoms. The van der Waals surface area contributed by atoms with Crippen molar-refractivity contribution in [2.45, 2.75) is 32.2 Å². The summed E-state index contributed by atoms with van der Waals surface area (Å²) in [5, 5.41) is 0.631. The molecule has 0 bridgehead atoms. The van der Waals surface area contributed by atoms with E-state index < -0.39 is 0 Å². The molecular formula is C15H20ClNO2. The summed E-state index contributed by atoms with van der Waals surface area (Å²) < 4.78 is 5.23. The molecule has 0 aliphatic carbocycles. The van der Waals surface area contributed by atoms with Crippen molar-refractivity contribution in [2.24, 2.45) is 0 Å². The molecule has 1 aromatic rings. The largest absolute Gasteiger partial charge is 0.465 e. The van der Waals surface area contributed by atoms with Crippen molar-refractivity contribution in [3.8, 4) is 0 Å². The highest BCUT2D eigenvalue weighted by atomic mass is 35.5. The third kappa shape index (κ3) is 3.48. The number of likely N-dealkylation sites (tertiary alicyclic amines) is 1. The van der Waals surface area contributed by atoms with Gasteiger partial charge >= 0.3 is 5.97 Å². The molecule has 0 unspecified atom stereocenters. The average molecular weight is 282 g/mol. The number of carbonyl (C=O) groups excluding carboxylic acids is 1. The number of nitrogens with zero attached hydrogens (tertiary/aromatic N) is 1. The van der Waals surface area contributed by atoms with Gasteiger partial charge in [-0.25, -0.2) is 4.79 Å². The SMILES string of the molecule is CCOC(=O)[C@H](c1ccccc1Cl)N1CCCCC1. The van der Waals surface area contributed by atoms with Crippen LogP contribution >= 0.6 is 11.6 Å². The number of carbonyl (C=O) groups is 1. The summed E-state index contributed by atoms with van der Waals surface area (Å²) in [6.45, 7) is 4.08. The number of hydrogen-bond donors (Lipinski definition) is 0. The van der Waals surface area contributed by atoms with Crippen LogP contribution in [0.25, 0.3) is 0 Å². The van der Waals surface area contributed by atoms with Crippen LogP contribution in [0.5, 0.6) is 0 Å². The highest BCUT2D eigenvalue weighted by molar-refractivity contribution is 6.31. The number of halogens is 1. The highest BCUT2D eigenvalue weighted by Crippen LogP contribution is 2.30. The third-order valence-corrected chi connectivity index (χ3v) is 3.81. The van der Waals surface area contributed by atoms with E-state index in [2.05, 4.69) is 4.90 Å². The molecule has 3 nitrogen and oxygen atoms in total. The summed E-state index contributed by atoms with van der Waals surface area (Å²) >= 11 is 6.25. The highest BCUT2D eigenvalue weighted by Gasteiger charge is 2.31. The lowest BCUT2D eigenvalue weighted by atomic mass is 10.0. The number of rotatable bonds is 4. The Kier molecular flexibility index (Phi) is 5.23. The number of benzene rings is 1.